The van der Waals surface area contributed by atoms with E-state index in [-0.39, 0.29) is 6.03 Å². The van der Waals surface area contributed by atoms with Crippen LogP contribution < -0.4 is 10.6 Å². The Bertz CT molecular complexity index is 191. The van der Waals surface area contributed by atoms with Gasteiger partial charge in [-0.05, 0) is 25.2 Å². The first-order valence-corrected chi connectivity index (χ1v) is 6.33. The van der Waals surface area contributed by atoms with Crippen molar-refractivity contribution in [3.8, 4) is 0 Å². The maximum absolute atomic E-state index is 11.4. The van der Waals surface area contributed by atoms with Crippen molar-refractivity contribution in [3.05, 3.63) is 0 Å². The minimum Gasteiger partial charge on any atom is -0.385 e. The summed E-state index contributed by atoms with van der Waals surface area (Å²) in [6.07, 6.45) is 7.41. The Balaban J connectivity index is 1.96. The highest BCUT2D eigenvalue weighted by Crippen LogP contribution is 2.22. The van der Waals surface area contributed by atoms with E-state index in [1.807, 2.05) is 0 Å². The zero-order chi connectivity index (χ0) is 11.6. The van der Waals surface area contributed by atoms with E-state index in [2.05, 4.69) is 10.6 Å². The van der Waals surface area contributed by atoms with Crippen LogP contribution in [0.15, 0.2) is 0 Å². The molecule has 94 valence electrons. The predicted molar refractivity (Wildman–Crippen MR) is 64.5 cm³/mol. The average molecular weight is 228 g/mol. The summed E-state index contributed by atoms with van der Waals surface area (Å²) < 4.78 is 4.91. The summed E-state index contributed by atoms with van der Waals surface area (Å²) in [5.41, 5.74) is 0. The van der Waals surface area contributed by atoms with Crippen LogP contribution >= 0.6 is 0 Å². The van der Waals surface area contributed by atoms with Crippen LogP contribution in [0, 0.1) is 5.92 Å². The van der Waals surface area contributed by atoms with Crippen molar-refractivity contribution in [2.75, 3.05) is 26.8 Å². The molecule has 0 aromatic rings. The van der Waals surface area contributed by atoms with Gasteiger partial charge in [0, 0.05) is 26.8 Å². The fraction of sp³-hybridized carbons (Fsp3) is 0.917. The number of rotatable bonds is 6. The van der Waals surface area contributed by atoms with Gasteiger partial charge in [-0.2, -0.15) is 0 Å². The standard InChI is InChI=1S/C12H24N2O2/c1-16-9-5-8-13-12(15)14-10-11-6-3-2-4-7-11/h11H,2-10H2,1H3,(H2,13,14,15). The Morgan fingerprint density at radius 2 is 2.00 bits per heavy atom. The van der Waals surface area contributed by atoms with Gasteiger partial charge in [-0.3, -0.25) is 0 Å². The van der Waals surface area contributed by atoms with Crippen molar-refractivity contribution in [2.45, 2.75) is 38.5 Å². The van der Waals surface area contributed by atoms with Gasteiger partial charge in [-0.1, -0.05) is 19.3 Å². The Labute approximate surface area is 98.1 Å². The largest absolute Gasteiger partial charge is 0.385 e. The molecule has 1 aliphatic rings. The lowest BCUT2D eigenvalue weighted by Crippen LogP contribution is -2.39. The minimum absolute atomic E-state index is 0.0401. The lowest BCUT2D eigenvalue weighted by atomic mass is 9.89. The predicted octanol–water partition coefficient (Wildman–Crippen LogP) is 1.90. The summed E-state index contributed by atoms with van der Waals surface area (Å²) in [5.74, 6) is 0.693. The van der Waals surface area contributed by atoms with Crippen LogP contribution in [-0.4, -0.2) is 32.8 Å². The van der Waals surface area contributed by atoms with Crippen LogP contribution in [0.5, 0.6) is 0 Å². The summed E-state index contributed by atoms with van der Waals surface area (Å²) in [7, 11) is 1.67. The quantitative estimate of drug-likeness (QED) is 0.682. The van der Waals surface area contributed by atoms with E-state index in [9.17, 15) is 4.79 Å². The fourth-order valence-corrected chi connectivity index (χ4v) is 2.11. The molecule has 2 N–H and O–H groups in total. The number of hydrogen-bond donors (Lipinski definition) is 2. The summed E-state index contributed by atoms with van der Waals surface area (Å²) in [6.45, 7) is 2.21. The first-order valence-electron chi connectivity index (χ1n) is 6.33. The van der Waals surface area contributed by atoms with Crippen molar-refractivity contribution >= 4 is 6.03 Å². The van der Waals surface area contributed by atoms with Crippen molar-refractivity contribution in [3.63, 3.8) is 0 Å². The zero-order valence-corrected chi connectivity index (χ0v) is 10.3. The highest BCUT2D eigenvalue weighted by atomic mass is 16.5. The molecule has 0 radical (unpaired) electrons. The number of ether oxygens (including phenoxy) is 1. The first kappa shape index (κ1) is 13.3. The van der Waals surface area contributed by atoms with Gasteiger partial charge < -0.3 is 15.4 Å². The maximum Gasteiger partial charge on any atom is 0.314 e. The van der Waals surface area contributed by atoms with Gasteiger partial charge in [0.25, 0.3) is 0 Å². The van der Waals surface area contributed by atoms with Crippen LogP contribution in [0.3, 0.4) is 0 Å². The van der Waals surface area contributed by atoms with Gasteiger partial charge in [-0.25, -0.2) is 4.79 Å². The minimum atomic E-state index is -0.0401. The third-order valence-corrected chi connectivity index (χ3v) is 3.09. The van der Waals surface area contributed by atoms with Gasteiger partial charge in [-0.15, -0.1) is 0 Å². The summed E-state index contributed by atoms with van der Waals surface area (Å²) in [4.78, 5) is 11.4. The number of hydrogen-bond acceptors (Lipinski definition) is 2. The molecule has 0 atom stereocenters. The molecule has 0 aliphatic heterocycles. The molecule has 0 aromatic heterocycles. The van der Waals surface area contributed by atoms with E-state index in [0.717, 1.165) is 13.0 Å². The average Bonchev–Trinajstić information content (AvgIpc) is 2.33. The van der Waals surface area contributed by atoms with Crippen LogP contribution in [0.1, 0.15) is 38.5 Å². The molecular formula is C12H24N2O2. The van der Waals surface area contributed by atoms with Crippen molar-refractivity contribution in [2.24, 2.45) is 5.92 Å². The van der Waals surface area contributed by atoms with Gasteiger partial charge in [0.1, 0.15) is 0 Å². The van der Waals surface area contributed by atoms with Crippen molar-refractivity contribution in [1.82, 2.24) is 10.6 Å². The monoisotopic (exact) mass is 228 g/mol. The second kappa shape index (κ2) is 8.39. The molecule has 1 rings (SSSR count). The number of nitrogens with one attached hydrogen (secondary N) is 2. The third kappa shape index (κ3) is 5.95. The van der Waals surface area contributed by atoms with E-state index in [1.54, 1.807) is 7.11 Å². The number of carbonyl (C=O) groups is 1. The molecule has 0 bridgehead atoms. The van der Waals surface area contributed by atoms with Crippen LogP contribution in [0.2, 0.25) is 0 Å². The van der Waals surface area contributed by atoms with Gasteiger partial charge >= 0.3 is 6.03 Å². The Morgan fingerprint density at radius 3 is 2.69 bits per heavy atom. The number of methoxy groups -OCH3 is 1. The second-order valence-corrected chi connectivity index (χ2v) is 4.49. The molecule has 4 nitrogen and oxygen atoms in total. The Morgan fingerprint density at radius 1 is 1.25 bits per heavy atom. The molecular weight excluding hydrogens is 204 g/mol. The molecule has 0 aromatic carbocycles. The molecule has 1 saturated carbocycles. The molecule has 16 heavy (non-hydrogen) atoms. The van der Waals surface area contributed by atoms with Crippen molar-refractivity contribution in [1.29, 1.82) is 0 Å². The highest BCUT2D eigenvalue weighted by molar-refractivity contribution is 5.73. The molecule has 0 spiro atoms. The van der Waals surface area contributed by atoms with Crippen LogP contribution in [0.25, 0.3) is 0 Å². The number of amides is 2. The number of carbonyl (C=O) groups excluding carboxylic acids is 1. The molecule has 0 unspecified atom stereocenters. The van der Waals surface area contributed by atoms with Gasteiger partial charge in [0.2, 0.25) is 0 Å². The Kier molecular flexibility index (Phi) is 6.97. The van der Waals surface area contributed by atoms with E-state index in [1.165, 1.54) is 32.1 Å². The lowest BCUT2D eigenvalue weighted by Gasteiger charge is -2.21. The maximum atomic E-state index is 11.4. The normalized spacial score (nSPS) is 17.1. The molecule has 1 fully saturated rings. The van der Waals surface area contributed by atoms with Crippen LogP contribution in [0.4, 0.5) is 4.79 Å². The van der Waals surface area contributed by atoms with Gasteiger partial charge in [0.15, 0.2) is 0 Å². The second-order valence-electron chi connectivity index (χ2n) is 4.49. The highest BCUT2D eigenvalue weighted by Gasteiger charge is 2.13. The molecule has 2 amide bonds. The molecule has 0 heterocycles. The molecule has 4 heteroatoms. The topological polar surface area (TPSA) is 50.4 Å². The van der Waals surface area contributed by atoms with E-state index in [4.69, 9.17) is 4.74 Å². The molecule has 0 saturated heterocycles. The van der Waals surface area contributed by atoms with Crippen LogP contribution in [-0.2, 0) is 4.74 Å². The van der Waals surface area contributed by atoms with E-state index >= 15 is 0 Å². The SMILES string of the molecule is COCCCNC(=O)NCC1CCCCC1. The zero-order valence-electron chi connectivity index (χ0n) is 10.3. The summed E-state index contributed by atoms with van der Waals surface area (Å²) in [5, 5.41) is 5.77. The van der Waals surface area contributed by atoms with E-state index in [0.29, 0.717) is 19.1 Å². The number of urea groups is 1. The fourth-order valence-electron chi connectivity index (χ4n) is 2.11. The smallest absolute Gasteiger partial charge is 0.314 e. The summed E-state index contributed by atoms with van der Waals surface area (Å²) in [6, 6.07) is -0.0401. The van der Waals surface area contributed by atoms with Crippen molar-refractivity contribution < 1.29 is 9.53 Å². The molecule has 1 aliphatic carbocycles. The van der Waals surface area contributed by atoms with Gasteiger partial charge in [0.05, 0.1) is 0 Å². The third-order valence-electron chi connectivity index (χ3n) is 3.09. The Hall–Kier alpha value is -0.770. The van der Waals surface area contributed by atoms with E-state index < -0.39 is 0 Å². The summed E-state index contributed by atoms with van der Waals surface area (Å²) >= 11 is 0. The lowest BCUT2D eigenvalue weighted by molar-refractivity contribution is 0.193. The first-order chi connectivity index (χ1) is 7.83.